The lowest BCUT2D eigenvalue weighted by Crippen LogP contribution is -2.49. The van der Waals surface area contributed by atoms with Crippen LogP contribution < -0.4 is 4.90 Å². The van der Waals surface area contributed by atoms with E-state index in [0.717, 1.165) is 62.8 Å². The number of aromatic nitrogens is 2. The zero-order valence-corrected chi connectivity index (χ0v) is 15.0. The van der Waals surface area contributed by atoms with Gasteiger partial charge in [-0.05, 0) is 13.3 Å². The first-order chi connectivity index (χ1) is 11.0. The minimum Gasteiger partial charge on any atom is -0.353 e. The van der Waals surface area contributed by atoms with Crippen LogP contribution in [0.15, 0.2) is 6.07 Å². The first-order valence-corrected chi connectivity index (χ1v) is 8.89. The highest BCUT2D eigenvalue weighted by atomic mass is 16.2. The fraction of sp³-hybridized carbons (Fsp3) is 0.722. The number of amides is 1. The van der Waals surface area contributed by atoms with Gasteiger partial charge in [-0.3, -0.25) is 4.79 Å². The number of anilines is 1. The molecule has 2 heterocycles. The van der Waals surface area contributed by atoms with Crippen molar-refractivity contribution in [1.29, 1.82) is 0 Å². The molecule has 1 amide bonds. The number of nitrogens with zero attached hydrogens (tertiary/aromatic N) is 4. The summed E-state index contributed by atoms with van der Waals surface area (Å²) in [5, 5.41) is 0. The van der Waals surface area contributed by atoms with Gasteiger partial charge in [-0.15, -0.1) is 0 Å². The Morgan fingerprint density at radius 3 is 2.48 bits per heavy atom. The molecule has 1 aliphatic heterocycles. The van der Waals surface area contributed by atoms with Crippen molar-refractivity contribution in [3.8, 4) is 0 Å². The van der Waals surface area contributed by atoms with Crippen LogP contribution in [0, 0.1) is 6.92 Å². The number of aryl methyl sites for hydroxylation is 1. The molecular formula is C18H30N4O. The Morgan fingerprint density at radius 1 is 1.17 bits per heavy atom. The molecule has 0 radical (unpaired) electrons. The molecule has 0 aliphatic carbocycles. The van der Waals surface area contributed by atoms with Gasteiger partial charge in [0.1, 0.15) is 11.6 Å². The van der Waals surface area contributed by atoms with Crippen LogP contribution in [-0.2, 0) is 4.79 Å². The average Bonchev–Trinajstić information content (AvgIpc) is 2.54. The molecule has 5 heteroatoms. The minimum atomic E-state index is 0.305. The van der Waals surface area contributed by atoms with E-state index in [0.29, 0.717) is 18.2 Å². The molecule has 1 saturated heterocycles. The number of carbonyl (C=O) groups is 1. The van der Waals surface area contributed by atoms with E-state index in [1.54, 1.807) is 0 Å². The maximum Gasteiger partial charge on any atom is 0.222 e. The maximum absolute atomic E-state index is 12.2. The van der Waals surface area contributed by atoms with Gasteiger partial charge in [-0.2, -0.15) is 0 Å². The van der Waals surface area contributed by atoms with Gasteiger partial charge in [0.15, 0.2) is 0 Å². The summed E-state index contributed by atoms with van der Waals surface area (Å²) >= 11 is 0. The number of rotatable bonds is 6. The third kappa shape index (κ3) is 4.91. The molecule has 0 unspecified atom stereocenters. The Kier molecular flexibility index (Phi) is 6.37. The van der Waals surface area contributed by atoms with E-state index in [-0.39, 0.29) is 0 Å². The van der Waals surface area contributed by atoms with Gasteiger partial charge in [0.25, 0.3) is 0 Å². The molecule has 1 aliphatic rings. The Balaban J connectivity index is 1.93. The zero-order chi connectivity index (χ0) is 16.8. The Labute approximate surface area is 140 Å². The quantitative estimate of drug-likeness (QED) is 0.756. The predicted molar refractivity (Wildman–Crippen MR) is 93.8 cm³/mol. The fourth-order valence-electron chi connectivity index (χ4n) is 2.86. The molecule has 128 valence electrons. The van der Waals surface area contributed by atoms with E-state index in [2.05, 4.69) is 30.7 Å². The van der Waals surface area contributed by atoms with Crippen LogP contribution in [0.25, 0.3) is 0 Å². The number of piperazine rings is 1. The summed E-state index contributed by atoms with van der Waals surface area (Å²) in [6, 6.07) is 2.05. The van der Waals surface area contributed by atoms with Crippen molar-refractivity contribution < 1.29 is 4.79 Å². The number of hydrogen-bond donors (Lipinski definition) is 0. The molecular weight excluding hydrogens is 288 g/mol. The molecule has 1 fully saturated rings. The first kappa shape index (κ1) is 17.7. The van der Waals surface area contributed by atoms with Crippen molar-refractivity contribution in [3.05, 3.63) is 17.6 Å². The van der Waals surface area contributed by atoms with E-state index >= 15 is 0 Å². The van der Waals surface area contributed by atoms with E-state index < -0.39 is 0 Å². The standard InChI is InChI=1S/C18H30N4O/c1-5-6-7-8-17(23)22-11-9-21(10-12-22)16-13-15(4)19-18(20-16)14(2)3/h13-14H,5-12H2,1-4H3. The smallest absolute Gasteiger partial charge is 0.222 e. The Hall–Kier alpha value is -1.65. The van der Waals surface area contributed by atoms with Crippen LogP contribution in [0.5, 0.6) is 0 Å². The van der Waals surface area contributed by atoms with E-state index in [1.807, 2.05) is 17.9 Å². The van der Waals surface area contributed by atoms with Crippen LogP contribution in [0.3, 0.4) is 0 Å². The van der Waals surface area contributed by atoms with Crippen molar-refractivity contribution in [1.82, 2.24) is 14.9 Å². The Morgan fingerprint density at radius 2 is 1.87 bits per heavy atom. The second-order valence-electron chi connectivity index (χ2n) is 6.71. The summed E-state index contributed by atoms with van der Waals surface area (Å²) in [6.07, 6.45) is 4.01. The molecule has 0 bridgehead atoms. The highest BCUT2D eigenvalue weighted by molar-refractivity contribution is 5.76. The van der Waals surface area contributed by atoms with Crippen LogP contribution in [0.4, 0.5) is 5.82 Å². The third-order valence-electron chi connectivity index (χ3n) is 4.32. The summed E-state index contributed by atoms with van der Waals surface area (Å²) < 4.78 is 0. The monoisotopic (exact) mass is 318 g/mol. The first-order valence-electron chi connectivity index (χ1n) is 8.89. The predicted octanol–water partition coefficient (Wildman–Crippen LogP) is 3.14. The molecule has 23 heavy (non-hydrogen) atoms. The van der Waals surface area contributed by atoms with Crippen molar-refractivity contribution >= 4 is 11.7 Å². The SMILES string of the molecule is CCCCCC(=O)N1CCN(c2cc(C)nc(C(C)C)n2)CC1. The highest BCUT2D eigenvalue weighted by Crippen LogP contribution is 2.19. The molecule has 0 aromatic carbocycles. The van der Waals surface area contributed by atoms with Gasteiger partial charge >= 0.3 is 0 Å². The lowest BCUT2D eigenvalue weighted by atomic mass is 10.2. The summed E-state index contributed by atoms with van der Waals surface area (Å²) in [6.45, 7) is 11.7. The van der Waals surface area contributed by atoms with E-state index in [1.165, 1.54) is 0 Å². The summed E-state index contributed by atoms with van der Waals surface area (Å²) in [5.74, 6) is 2.53. The fourth-order valence-corrected chi connectivity index (χ4v) is 2.86. The molecule has 5 nitrogen and oxygen atoms in total. The van der Waals surface area contributed by atoms with Gasteiger partial charge in [0, 0.05) is 50.3 Å². The topological polar surface area (TPSA) is 49.3 Å². The van der Waals surface area contributed by atoms with Crippen molar-refractivity contribution in [3.63, 3.8) is 0 Å². The summed E-state index contributed by atoms with van der Waals surface area (Å²) in [7, 11) is 0. The van der Waals surface area contributed by atoms with Gasteiger partial charge in [0.05, 0.1) is 0 Å². The lowest BCUT2D eigenvalue weighted by Gasteiger charge is -2.35. The molecule has 1 aromatic heterocycles. The second kappa shape index (κ2) is 8.27. The van der Waals surface area contributed by atoms with Gasteiger partial charge in [0.2, 0.25) is 5.91 Å². The van der Waals surface area contributed by atoms with Gasteiger partial charge in [-0.25, -0.2) is 9.97 Å². The Bertz CT molecular complexity index is 522. The average molecular weight is 318 g/mol. The van der Waals surface area contributed by atoms with Crippen molar-refractivity contribution in [2.24, 2.45) is 0 Å². The third-order valence-corrected chi connectivity index (χ3v) is 4.32. The maximum atomic E-state index is 12.2. The molecule has 0 N–H and O–H groups in total. The van der Waals surface area contributed by atoms with Crippen molar-refractivity contribution in [2.75, 3.05) is 31.1 Å². The largest absolute Gasteiger partial charge is 0.353 e. The second-order valence-corrected chi connectivity index (χ2v) is 6.71. The lowest BCUT2D eigenvalue weighted by molar-refractivity contribution is -0.131. The summed E-state index contributed by atoms with van der Waals surface area (Å²) in [5.41, 5.74) is 1.01. The highest BCUT2D eigenvalue weighted by Gasteiger charge is 2.22. The van der Waals surface area contributed by atoms with Crippen LogP contribution >= 0.6 is 0 Å². The normalized spacial score (nSPS) is 15.3. The van der Waals surface area contributed by atoms with Crippen molar-refractivity contribution in [2.45, 2.75) is 59.3 Å². The number of hydrogen-bond acceptors (Lipinski definition) is 4. The van der Waals surface area contributed by atoms with E-state index in [9.17, 15) is 4.79 Å². The van der Waals surface area contributed by atoms with Crippen LogP contribution in [0.1, 0.15) is 63.9 Å². The van der Waals surface area contributed by atoms with Gasteiger partial charge in [-0.1, -0.05) is 33.6 Å². The summed E-state index contributed by atoms with van der Waals surface area (Å²) in [4.78, 5) is 25.7. The number of carbonyl (C=O) groups excluding carboxylic acids is 1. The van der Waals surface area contributed by atoms with Gasteiger partial charge < -0.3 is 9.80 Å². The molecule has 0 spiro atoms. The molecule has 0 atom stereocenters. The minimum absolute atomic E-state index is 0.305. The number of unbranched alkanes of at least 4 members (excludes halogenated alkanes) is 2. The molecule has 1 aromatic rings. The molecule has 2 rings (SSSR count). The van der Waals surface area contributed by atoms with Crippen LogP contribution in [-0.4, -0.2) is 47.0 Å². The molecule has 0 saturated carbocycles. The van der Waals surface area contributed by atoms with Crippen LogP contribution in [0.2, 0.25) is 0 Å². The zero-order valence-electron chi connectivity index (χ0n) is 15.0. The van der Waals surface area contributed by atoms with E-state index in [4.69, 9.17) is 4.98 Å².